The van der Waals surface area contributed by atoms with E-state index in [1.54, 1.807) is 12.1 Å². The zero-order chi connectivity index (χ0) is 20.4. The summed E-state index contributed by atoms with van der Waals surface area (Å²) in [6.45, 7) is -0.0112. The quantitative estimate of drug-likeness (QED) is 0.493. The Labute approximate surface area is 174 Å². The van der Waals surface area contributed by atoms with Crippen LogP contribution in [0.1, 0.15) is 0 Å². The molecule has 4 rings (SSSR count). The van der Waals surface area contributed by atoms with Crippen molar-refractivity contribution in [2.45, 2.75) is 12.6 Å². The van der Waals surface area contributed by atoms with E-state index in [1.807, 2.05) is 17.5 Å². The van der Waals surface area contributed by atoms with Crippen LogP contribution in [0.5, 0.6) is 5.75 Å². The van der Waals surface area contributed by atoms with Gasteiger partial charge in [0, 0.05) is 16.0 Å². The summed E-state index contributed by atoms with van der Waals surface area (Å²) in [5.74, 6) is 0.0744. The van der Waals surface area contributed by atoms with E-state index >= 15 is 0 Å². The SMILES string of the molecule is O=c1c2c(-c3ccc(Cl)cc3)csc2ncn1C[C@H](O)COc1ccc(F)cc1. The number of hydrogen-bond acceptors (Lipinski definition) is 5. The first-order chi connectivity index (χ1) is 14.0. The van der Waals surface area contributed by atoms with Crippen molar-refractivity contribution in [1.82, 2.24) is 9.55 Å². The van der Waals surface area contributed by atoms with Gasteiger partial charge in [0.25, 0.3) is 5.56 Å². The van der Waals surface area contributed by atoms with Crippen molar-refractivity contribution in [1.29, 1.82) is 0 Å². The van der Waals surface area contributed by atoms with Crippen molar-refractivity contribution in [3.8, 4) is 16.9 Å². The van der Waals surface area contributed by atoms with Gasteiger partial charge in [0.05, 0.1) is 18.3 Å². The van der Waals surface area contributed by atoms with E-state index in [2.05, 4.69) is 4.98 Å². The van der Waals surface area contributed by atoms with Crippen LogP contribution < -0.4 is 10.3 Å². The Morgan fingerprint density at radius 1 is 1.17 bits per heavy atom. The topological polar surface area (TPSA) is 64.4 Å². The highest BCUT2D eigenvalue weighted by atomic mass is 35.5. The summed E-state index contributed by atoms with van der Waals surface area (Å²) in [5, 5.41) is 13.3. The largest absolute Gasteiger partial charge is 0.491 e. The lowest BCUT2D eigenvalue weighted by molar-refractivity contribution is 0.0914. The van der Waals surface area contributed by atoms with Crippen LogP contribution in [0.4, 0.5) is 4.39 Å². The van der Waals surface area contributed by atoms with Crippen LogP contribution in [-0.4, -0.2) is 27.4 Å². The lowest BCUT2D eigenvalue weighted by atomic mass is 10.1. The van der Waals surface area contributed by atoms with E-state index in [1.165, 1.54) is 46.5 Å². The fraction of sp³-hybridized carbons (Fsp3) is 0.143. The second kappa shape index (κ2) is 8.32. The number of rotatable bonds is 6. The third-order valence-electron chi connectivity index (χ3n) is 4.38. The molecule has 1 N–H and O–H groups in total. The number of aromatic nitrogens is 2. The van der Waals surface area contributed by atoms with Gasteiger partial charge in [-0.05, 0) is 42.0 Å². The first kappa shape index (κ1) is 19.6. The Kier molecular flexibility index (Phi) is 5.62. The Morgan fingerprint density at radius 3 is 2.62 bits per heavy atom. The number of aliphatic hydroxyl groups is 1. The van der Waals surface area contributed by atoms with Crippen LogP contribution in [-0.2, 0) is 6.54 Å². The van der Waals surface area contributed by atoms with Crippen LogP contribution in [0.3, 0.4) is 0 Å². The van der Waals surface area contributed by atoms with Gasteiger partial charge in [0.15, 0.2) is 0 Å². The molecule has 0 aliphatic rings. The molecule has 0 unspecified atom stereocenters. The van der Waals surface area contributed by atoms with Gasteiger partial charge in [-0.2, -0.15) is 0 Å². The van der Waals surface area contributed by atoms with Crippen LogP contribution in [0.25, 0.3) is 21.3 Å². The summed E-state index contributed by atoms with van der Waals surface area (Å²) >= 11 is 7.34. The van der Waals surface area contributed by atoms with E-state index in [9.17, 15) is 14.3 Å². The molecule has 2 aromatic heterocycles. The molecule has 0 aliphatic carbocycles. The molecule has 0 saturated carbocycles. The normalized spacial score (nSPS) is 12.2. The summed E-state index contributed by atoms with van der Waals surface area (Å²) in [5.41, 5.74) is 1.42. The van der Waals surface area contributed by atoms with E-state index in [0.717, 1.165) is 11.1 Å². The monoisotopic (exact) mass is 430 g/mol. The molecule has 8 heteroatoms. The number of fused-ring (bicyclic) bond motifs is 1. The Bertz CT molecular complexity index is 1190. The molecule has 0 amide bonds. The molecule has 4 aromatic rings. The molecule has 0 bridgehead atoms. The maximum Gasteiger partial charge on any atom is 0.262 e. The van der Waals surface area contributed by atoms with Crippen LogP contribution in [0.15, 0.2) is 65.0 Å². The molecule has 5 nitrogen and oxygen atoms in total. The second-order valence-electron chi connectivity index (χ2n) is 6.46. The number of benzene rings is 2. The maximum absolute atomic E-state index is 13.0. The Balaban J connectivity index is 1.55. The minimum Gasteiger partial charge on any atom is -0.491 e. The highest BCUT2D eigenvalue weighted by molar-refractivity contribution is 7.17. The predicted molar refractivity (Wildman–Crippen MR) is 112 cm³/mol. The third kappa shape index (κ3) is 4.32. The maximum atomic E-state index is 13.0. The average Bonchev–Trinajstić information content (AvgIpc) is 3.15. The van der Waals surface area contributed by atoms with Crippen molar-refractivity contribution in [2.24, 2.45) is 0 Å². The molecule has 2 aromatic carbocycles. The zero-order valence-corrected chi connectivity index (χ0v) is 16.7. The average molecular weight is 431 g/mol. The lowest BCUT2D eigenvalue weighted by Crippen LogP contribution is -2.30. The molecule has 0 fully saturated rings. The summed E-state index contributed by atoms with van der Waals surface area (Å²) in [6.07, 6.45) is 0.489. The van der Waals surface area contributed by atoms with Crippen LogP contribution >= 0.6 is 22.9 Å². The number of nitrogens with zero attached hydrogens (tertiary/aromatic N) is 2. The Hall–Kier alpha value is -2.74. The fourth-order valence-electron chi connectivity index (χ4n) is 2.94. The van der Waals surface area contributed by atoms with E-state index in [4.69, 9.17) is 16.3 Å². The fourth-order valence-corrected chi connectivity index (χ4v) is 3.98. The zero-order valence-electron chi connectivity index (χ0n) is 15.1. The lowest BCUT2D eigenvalue weighted by Gasteiger charge is -2.14. The van der Waals surface area contributed by atoms with Gasteiger partial charge in [-0.25, -0.2) is 9.37 Å². The highest BCUT2D eigenvalue weighted by Crippen LogP contribution is 2.31. The summed E-state index contributed by atoms with van der Waals surface area (Å²) < 4.78 is 19.8. The van der Waals surface area contributed by atoms with Crippen molar-refractivity contribution >= 4 is 33.2 Å². The first-order valence-electron chi connectivity index (χ1n) is 8.80. The van der Waals surface area contributed by atoms with Crippen molar-refractivity contribution < 1.29 is 14.2 Å². The van der Waals surface area contributed by atoms with Gasteiger partial charge in [0.2, 0.25) is 0 Å². The molecule has 0 aliphatic heterocycles. The van der Waals surface area contributed by atoms with Crippen LogP contribution in [0, 0.1) is 5.82 Å². The Morgan fingerprint density at radius 2 is 1.90 bits per heavy atom. The summed E-state index contributed by atoms with van der Waals surface area (Å²) in [7, 11) is 0. The molecule has 0 radical (unpaired) electrons. The molecular formula is C21H16ClFN2O3S. The number of ether oxygens (including phenoxy) is 1. The van der Waals surface area contributed by atoms with E-state index in [0.29, 0.717) is 21.0 Å². The van der Waals surface area contributed by atoms with Crippen LogP contribution in [0.2, 0.25) is 5.02 Å². The number of halogens is 2. The summed E-state index contributed by atoms with van der Waals surface area (Å²) in [4.78, 5) is 18.0. The van der Waals surface area contributed by atoms with E-state index < -0.39 is 6.10 Å². The highest BCUT2D eigenvalue weighted by Gasteiger charge is 2.15. The molecule has 0 spiro atoms. The molecule has 1 atom stereocenters. The third-order valence-corrected chi connectivity index (χ3v) is 5.52. The standard InChI is InChI=1S/C21H16ClFN2O3S/c22-14-3-1-13(2-4-14)18-11-29-20-19(18)21(27)25(12-24-20)9-16(26)10-28-17-7-5-15(23)6-8-17/h1-8,11-12,16,26H,9-10H2/t16-/m0/s1. The molecular weight excluding hydrogens is 415 g/mol. The molecule has 2 heterocycles. The molecule has 148 valence electrons. The van der Waals surface area contributed by atoms with Crippen molar-refractivity contribution in [3.63, 3.8) is 0 Å². The summed E-state index contributed by atoms with van der Waals surface area (Å²) in [6, 6.07) is 12.8. The second-order valence-corrected chi connectivity index (χ2v) is 7.75. The van der Waals surface area contributed by atoms with Gasteiger partial charge in [-0.15, -0.1) is 11.3 Å². The van der Waals surface area contributed by atoms with Crippen molar-refractivity contribution in [3.05, 3.63) is 81.4 Å². The number of aliphatic hydroxyl groups excluding tert-OH is 1. The first-order valence-corrected chi connectivity index (χ1v) is 10.1. The van der Waals surface area contributed by atoms with Crippen molar-refractivity contribution in [2.75, 3.05) is 6.61 Å². The molecule has 29 heavy (non-hydrogen) atoms. The number of thiophene rings is 1. The smallest absolute Gasteiger partial charge is 0.262 e. The van der Waals surface area contributed by atoms with E-state index in [-0.39, 0.29) is 24.5 Å². The van der Waals surface area contributed by atoms with Gasteiger partial charge >= 0.3 is 0 Å². The number of hydrogen-bond donors (Lipinski definition) is 1. The minimum atomic E-state index is -0.936. The van der Waals surface area contributed by atoms with Gasteiger partial charge < -0.3 is 9.84 Å². The van der Waals surface area contributed by atoms with Gasteiger partial charge in [0.1, 0.15) is 29.1 Å². The van der Waals surface area contributed by atoms with Gasteiger partial charge in [-0.1, -0.05) is 23.7 Å². The predicted octanol–water partition coefficient (Wildman–Crippen LogP) is 4.36. The minimum absolute atomic E-state index is 0.0267. The van der Waals surface area contributed by atoms with Gasteiger partial charge in [-0.3, -0.25) is 9.36 Å². The molecule has 0 saturated heterocycles.